The van der Waals surface area contributed by atoms with E-state index >= 15 is 0 Å². The highest BCUT2D eigenvalue weighted by Crippen LogP contribution is 2.39. The van der Waals surface area contributed by atoms with Gasteiger partial charge in [-0.3, -0.25) is 10.1 Å². The Morgan fingerprint density at radius 2 is 2.07 bits per heavy atom. The lowest BCUT2D eigenvalue weighted by molar-refractivity contribution is -0.384. The number of benzene rings is 1. The summed E-state index contributed by atoms with van der Waals surface area (Å²) < 4.78 is 5.50. The van der Waals surface area contributed by atoms with Gasteiger partial charge in [0.1, 0.15) is 5.60 Å². The van der Waals surface area contributed by atoms with Gasteiger partial charge in [-0.25, -0.2) is 4.79 Å². The Kier molecular flexibility index (Phi) is 5.13. The summed E-state index contributed by atoms with van der Waals surface area (Å²) in [5.74, 6) is 0.254. The summed E-state index contributed by atoms with van der Waals surface area (Å²) in [6, 6.07) is 5.01. The fourth-order valence-electron chi connectivity index (χ4n) is 3.86. The van der Waals surface area contributed by atoms with Crippen molar-refractivity contribution in [1.29, 1.82) is 0 Å². The number of ether oxygens (including phenoxy) is 1. The van der Waals surface area contributed by atoms with Crippen LogP contribution in [0.25, 0.3) is 10.9 Å². The van der Waals surface area contributed by atoms with Gasteiger partial charge in [0, 0.05) is 42.3 Å². The molecule has 27 heavy (non-hydrogen) atoms. The van der Waals surface area contributed by atoms with Crippen molar-refractivity contribution in [3.63, 3.8) is 0 Å². The van der Waals surface area contributed by atoms with Crippen LogP contribution < -0.4 is 0 Å². The quantitative estimate of drug-likeness (QED) is 0.608. The third kappa shape index (κ3) is 4.23. The van der Waals surface area contributed by atoms with E-state index in [1.54, 1.807) is 24.1 Å². The van der Waals surface area contributed by atoms with Crippen molar-refractivity contribution in [3.8, 4) is 0 Å². The van der Waals surface area contributed by atoms with Crippen LogP contribution in [0.15, 0.2) is 24.4 Å². The van der Waals surface area contributed by atoms with E-state index in [0.29, 0.717) is 0 Å². The number of nitro groups is 1. The molecule has 7 nitrogen and oxygen atoms in total. The first-order valence-corrected chi connectivity index (χ1v) is 9.37. The molecule has 2 atom stereocenters. The van der Waals surface area contributed by atoms with Gasteiger partial charge in [0.15, 0.2) is 0 Å². The second kappa shape index (κ2) is 7.21. The van der Waals surface area contributed by atoms with Crippen LogP contribution in [0.2, 0.25) is 0 Å². The van der Waals surface area contributed by atoms with Gasteiger partial charge < -0.3 is 14.6 Å². The maximum atomic E-state index is 12.4. The summed E-state index contributed by atoms with van der Waals surface area (Å²) in [5, 5.41) is 12.0. The maximum absolute atomic E-state index is 12.4. The Hall–Kier alpha value is -2.57. The number of rotatable bonds is 3. The molecule has 1 aliphatic carbocycles. The number of non-ortho nitro benzene ring substituents is 1. The van der Waals surface area contributed by atoms with Gasteiger partial charge in [-0.05, 0) is 57.6 Å². The molecule has 1 heterocycles. The Morgan fingerprint density at radius 3 is 2.74 bits per heavy atom. The number of carbonyl (C=O) groups is 1. The number of fused-ring (bicyclic) bond motifs is 1. The van der Waals surface area contributed by atoms with E-state index in [1.807, 2.05) is 27.0 Å². The van der Waals surface area contributed by atoms with Gasteiger partial charge in [0.2, 0.25) is 0 Å². The van der Waals surface area contributed by atoms with Crippen molar-refractivity contribution >= 4 is 22.7 Å². The van der Waals surface area contributed by atoms with Crippen LogP contribution in [-0.4, -0.2) is 39.6 Å². The zero-order valence-corrected chi connectivity index (χ0v) is 16.3. The smallest absolute Gasteiger partial charge is 0.410 e. The average Bonchev–Trinajstić information content (AvgIpc) is 3.02. The van der Waals surface area contributed by atoms with E-state index in [1.165, 1.54) is 6.07 Å². The third-order valence-corrected chi connectivity index (χ3v) is 5.22. The number of hydrogen-bond donors (Lipinski definition) is 1. The topological polar surface area (TPSA) is 88.5 Å². The van der Waals surface area contributed by atoms with Crippen molar-refractivity contribution in [2.24, 2.45) is 0 Å². The molecule has 7 heteroatoms. The number of amides is 1. The second-order valence-corrected chi connectivity index (χ2v) is 8.34. The van der Waals surface area contributed by atoms with Crippen molar-refractivity contribution in [1.82, 2.24) is 9.88 Å². The molecule has 3 rings (SSSR count). The lowest BCUT2D eigenvalue weighted by Gasteiger charge is -2.36. The van der Waals surface area contributed by atoms with Crippen LogP contribution in [0.1, 0.15) is 57.9 Å². The molecule has 146 valence electrons. The van der Waals surface area contributed by atoms with Crippen molar-refractivity contribution in [2.45, 2.75) is 64.0 Å². The number of nitrogens with zero attached hydrogens (tertiary/aromatic N) is 2. The fraction of sp³-hybridized carbons (Fsp3) is 0.550. The first-order chi connectivity index (χ1) is 12.7. The van der Waals surface area contributed by atoms with Crippen LogP contribution in [0, 0.1) is 10.1 Å². The summed E-state index contributed by atoms with van der Waals surface area (Å²) in [4.78, 5) is 28.1. The number of aromatic amines is 1. The molecule has 1 fully saturated rings. The molecule has 1 amide bonds. The highest BCUT2D eigenvalue weighted by atomic mass is 16.6. The Balaban J connectivity index is 1.80. The minimum Gasteiger partial charge on any atom is -0.444 e. The lowest BCUT2D eigenvalue weighted by atomic mass is 9.81. The van der Waals surface area contributed by atoms with Crippen LogP contribution in [-0.2, 0) is 4.74 Å². The predicted molar refractivity (Wildman–Crippen MR) is 104 cm³/mol. The molecule has 0 radical (unpaired) electrons. The summed E-state index contributed by atoms with van der Waals surface area (Å²) >= 11 is 0. The van der Waals surface area contributed by atoms with Crippen LogP contribution in [0.3, 0.4) is 0 Å². The second-order valence-electron chi connectivity index (χ2n) is 8.34. The standard InChI is InChI=1S/C20H27N3O4/c1-20(2,3)27-19(24)22(4)14-7-5-6-13(10-14)17-12-21-18-9-8-15(23(25)26)11-16(17)18/h8-9,11-14,21H,5-7,10H2,1-4H3/t13-,14+/m0/s1. The van der Waals surface area contributed by atoms with Gasteiger partial charge in [-0.2, -0.15) is 0 Å². The monoisotopic (exact) mass is 373 g/mol. The Morgan fingerprint density at radius 1 is 1.33 bits per heavy atom. The predicted octanol–water partition coefficient (Wildman–Crippen LogP) is 4.97. The van der Waals surface area contributed by atoms with Crippen molar-refractivity contribution in [3.05, 3.63) is 40.1 Å². The van der Waals surface area contributed by atoms with Crippen molar-refractivity contribution in [2.75, 3.05) is 7.05 Å². The summed E-state index contributed by atoms with van der Waals surface area (Å²) in [6.07, 6.45) is 5.43. The van der Waals surface area contributed by atoms with Crippen LogP contribution >= 0.6 is 0 Å². The first kappa shape index (κ1) is 19.2. The first-order valence-electron chi connectivity index (χ1n) is 9.37. The Bertz CT molecular complexity index is 853. The number of nitro benzene ring substituents is 1. The van der Waals surface area contributed by atoms with E-state index in [-0.39, 0.29) is 28.7 Å². The van der Waals surface area contributed by atoms with E-state index in [2.05, 4.69) is 4.98 Å². The molecular formula is C20H27N3O4. The highest BCUT2D eigenvalue weighted by molar-refractivity contribution is 5.86. The average molecular weight is 373 g/mol. The molecular weight excluding hydrogens is 346 g/mol. The molecule has 1 aliphatic rings. The van der Waals surface area contributed by atoms with Gasteiger partial charge in [-0.15, -0.1) is 0 Å². The molecule has 0 aliphatic heterocycles. The molecule has 1 N–H and O–H groups in total. The van der Waals surface area contributed by atoms with Gasteiger partial charge in [0.05, 0.1) is 4.92 Å². The van der Waals surface area contributed by atoms with Crippen LogP contribution in [0.5, 0.6) is 0 Å². The molecule has 0 spiro atoms. The number of aromatic nitrogens is 1. The SMILES string of the molecule is CN(C(=O)OC(C)(C)C)[C@@H]1CCC[C@H](c2c[nH]c3ccc([N+](=O)[O-])cc23)C1. The highest BCUT2D eigenvalue weighted by Gasteiger charge is 2.31. The van der Waals surface area contributed by atoms with Gasteiger partial charge >= 0.3 is 6.09 Å². The third-order valence-electron chi connectivity index (χ3n) is 5.22. The number of hydrogen-bond acceptors (Lipinski definition) is 4. The van der Waals surface area contributed by atoms with E-state index < -0.39 is 5.60 Å². The minimum absolute atomic E-state index is 0.0987. The maximum Gasteiger partial charge on any atom is 0.410 e. The lowest BCUT2D eigenvalue weighted by Crippen LogP contribution is -2.42. The zero-order valence-electron chi connectivity index (χ0n) is 16.3. The zero-order chi connectivity index (χ0) is 19.8. The number of nitrogens with one attached hydrogen (secondary N) is 1. The molecule has 0 bridgehead atoms. The summed E-state index contributed by atoms with van der Waals surface area (Å²) in [6.45, 7) is 5.59. The normalized spacial score (nSPS) is 20.4. The van der Waals surface area contributed by atoms with E-state index in [4.69, 9.17) is 4.74 Å². The van der Waals surface area contributed by atoms with E-state index in [9.17, 15) is 14.9 Å². The molecule has 1 aromatic heterocycles. The number of H-pyrrole nitrogens is 1. The summed E-state index contributed by atoms with van der Waals surface area (Å²) in [7, 11) is 1.79. The van der Waals surface area contributed by atoms with Gasteiger partial charge in [-0.1, -0.05) is 6.42 Å². The van der Waals surface area contributed by atoms with E-state index in [0.717, 1.165) is 42.1 Å². The van der Waals surface area contributed by atoms with Gasteiger partial charge in [0.25, 0.3) is 5.69 Å². The Labute approximate surface area is 158 Å². The fourth-order valence-corrected chi connectivity index (χ4v) is 3.86. The summed E-state index contributed by atoms with van der Waals surface area (Å²) in [5.41, 5.74) is 1.57. The minimum atomic E-state index is -0.519. The molecule has 1 aromatic carbocycles. The molecule has 0 unspecified atom stereocenters. The molecule has 2 aromatic rings. The molecule has 0 saturated heterocycles. The largest absolute Gasteiger partial charge is 0.444 e. The molecule has 1 saturated carbocycles. The van der Waals surface area contributed by atoms with Crippen molar-refractivity contribution < 1.29 is 14.5 Å². The van der Waals surface area contributed by atoms with Crippen LogP contribution in [0.4, 0.5) is 10.5 Å². The number of carbonyl (C=O) groups excluding carboxylic acids is 1.